The average Bonchev–Trinajstić information content (AvgIpc) is 2.35. The van der Waals surface area contributed by atoms with E-state index in [9.17, 15) is 4.79 Å². The molecule has 0 atom stereocenters. The van der Waals surface area contributed by atoms with Crippen molar-refractivity contribution >= 4 is 28.7 Å². The van der Waals surface area contributed by atoms with Crippen LogP contribution >= 0.6 is 22.9 Å². The van der Waals surface area contributed by atoms with Gasteiger partial charge in [-0.2, -0.15) is 0 Å². The highest BCUT2D eigenvalue weighted by molar-refractivity contribution is 7.16. The number of ketones is 1. The summed E-state index contributed by atoms with van der Waals surface area (Å²) in [6, 6.07) is 1.77. The van der Waals surface area contributed by atoms with Crippen molar-refractivity contribution in [2.45, 2.75) is 12.8 Å². The molecule has 1 aliphatic carbocycles. The van der Waals surface area contributed by atoms with E-state index in [2.05, 4.69) is 0 Å². The summed E-state index contributed by atoms with van der Waals surface area (Å²) in [6.45, 7) is 0. The molecule has 0 fully saturated rings. The Labute approximate surface area is 67.6 Å². The zero-order valence-corrected chi connectivity index (χ0v) is 6.76. The van der Waals surface area contributed by atoms with E-state index in [4.69, 9.17) is 11.6 Å². The molecule has 1 aliphatic rings. The molecule has 3 heteroatoms. The second-order valence-electron chi connectivity index (χ2n) is 2.31. The number of carbonyl (C=O) groups excluding carboxylic acids is 1. The summed E-state index contributed by atoms with van der Waals surface area (Å²) in [6.07, 6.45) is 1.57. The van der Waals surface area contributed by atoms with Crippen LogP contribution in [0.15, 0.2) is 6.07 Å². The third-order valence-electron chi connectivity index (χ3n) is 1.66. The van der Waals surface area contributed by atoms with Crippen LogP contribution in [0.5, 0.6) is 0 Å². The Bertz CT molecular complexity index is 290. The predicted octanol–water partition coefficient (Wildman–Crippen LogP) is 2.53. The molecule has 0 aromatic carbocycles. The monoisotopic (exact) mass is 172 g/mol. The molecule has 0 spiro atoms. The van der Waals surface area contributed by atoms with Crippen LogP contribution in [0.25, 0.3) is 0 Å². The van der Waals surface area contributed by atoms with Gasteiger partial charge in [-0.15, -0.1) is 11.3 Å². The SMILES string of the molecule is O=C1CCc2sc(Cl)cc21. The normalized spacial score (nSPS) is 15.9. The maximum absolute atomic E-state index is 11.0. The number of thiophene rings is 1. The highest BCUT2D eigenvalue weighted by atomic mass is 35.5. The summed E-state index contributed by atoms with van der Waals surface area (Å²) < 4.78 is 0.734. The number of rotatable bonds is 0. The molecule has 52 valence electrons. The molecule has 2 rings (SSSR count). The molecule has 1 aromatic heterocycles. The van der Waals surface area contributed by atoms with Crippen molar-refractivity contribution in [2.24, 2.45) is 0 Å². The molecule has 0 radical (unpaired) electrons. The topological polar surface area (TPSA) is 17.1 Å². The van der Waals surface area contributed by atoms with E-state index in [1.165, 1.54) is 11.3 Å². The van der Waals surface area contributed by atoms with Crippen LogP contribution in [0.4, 0.5) is 0 Å². The van der Waals surface area contributed by atoms with Crippen LogP contribution in [0.2, 0.25) is 4.34 Å². The maximum Gasteiger partial charge on any atom is 0.164 e. The molecular weight excluding hydrogens is 168 g/mol. The fourth-order valence-corrected chi connectivity index (χ4v) is 2.47. The van der Waals surface area contributed by atoms with Crippen molar-refractivity contribution in [3.8, 4) is 0 Å². The second-order valence-corrected chi connectivity index (χ2v) is 4.08. The van der Waals surface area contributed by atoms with Gasteiger partial charge in [-0.05, 0) is 12.5 Å². The number of carbonyl (C=O) groups is 1. The Morgan fingerprint density at radius 3 is 3.00 bits per heavy atom. The van der Waals surface area contributed by atoms with E-state index in [0.717, 1.165) is 21.2 Å². The third kappa shape index (κ3) is 0.796. The molecule has 1 aromatic rings. The first-order valence-electron chi connectivity index (χ1n) is 3.09. The van der Waals surface area contributed by atoms with Gasteiger partial charge in [-0.1, -0.05) is 11.6 Å². The van der Waals surface area contributed by atoms with Gasteiger partial charge in [0.2, 0.25) is 0 Å². The first-order chi connectivity index (χ1) is 4.77. The lowest BCUT2D eigenvalue weighted by molar-refractivity contribution is 0.0994. The van der Waals surface area contributed by atoms with Crippen LogP contribution in [-0.4, -0.2) is 5.78 Å². The number of halogens is 1. The van der Waals surface area contributed by atoms with E-state index in [-0.39, 0.29) is 5.78 Å². The predicted molar refractivity (Wildman–Crippen MR) is 42.0 cm³/mol. The van der Waals surface area contributed by atoms with Crippen molar-refractivity contribution in [3.63, 3.8) is 0 Å². The summed E-state index contributed by atoms with van der Waals surface area (Å²) in [5, 5.41) is 0. The van der Waals surface area contributed by atoms with Crippen molar-refractivity contribution in [2.75, 3.05) is 0 Å². The molecule has 0 unspecified atom stereocenters. The van der Waals surface area contributed by atoms with Crippen molar-refractivity contribution in [3.05, 3.63) is 20.8 Å². The number of Topliss-reactive ketones (excluding diaryl/α,β-unsaturated/α-hetero) is 1. The highest BCUT2D eigenvalue weighted by Gasteiger charge is 2.21. The molecule has 0 N–H and O–H groups in total. The fourth-order valence-electron chi connectivity index (χ4n) is 1.18. The lowest BCUT2D eigenvalue weighted by Gasteiger charge is -1.80. The standard InChI is InChI=1S/C7H5ClOS/c8-7-3-4-5(9)1-2-6(4)10-7/h3H,1-2H2. The number of hydrogen-bond acceptors (Lipinski definition) is 2. The van der Waals surface area contributed by atoms with Gasteiger partial charge in [0.1, 0.15) is 0 Å². The minimum Gasteiger partial charge on any atom is -0.294 e. The number of aryl methyl sites for hydroxylation is 1. The minimum absolute atomic E-state index is 0.248. The van der Waals surface area contributed by atoms with Gasteiger partial charge in [-0.25, -0.2) is 0 Å². The van der Waals surface area contributed by atoms with Crippen LogP contribution in [0.3, 0.4) is 0 Å². The van der Waals surface area contributed by atoms with Crippen molar-refractivity contribution in [1.82, 2.24) is 0 Å². The van der Waals surface area contributed by atoms with E-state index in [1.807, 2.05) is 0 Å². The first-order valence-corrected chi connectivity index (χ1v) is 4.28. The van der Waals surface area contributed by atoms with Gasteiger partial charge in [0.25, 0.3) is 0 Å². The summed E-state index contributed by atoms with van der Waals surface area (Å²) >= 11 is 7.24. The maximum atomic E-state index is 11.0. The van der Waals surface area contributed by atoms with Crippen molar-refractivity contribution < 1.29 is 4.79 Å². The molecule has 0 bridgehead atoms. The smallest absolute Gasteiger partial charge is 0.164 e. The van der Waals surface area contributed by atoms with Crippen molar-refractivity contribution in [1.29, 1.82) is 0 Å². The highest BCUT2D eigenvalue weighted by Crippen LogP contribution is 2.33. The summed E-state index contributed by atoms with van der Waals surface area (Å²) in [5.41, 5.74) is 0.856. The third-order valence-corrected chi connectivity index (χ3v) is 2.98. The molecule has 0 aliphatic heterocycles. The molecule has 1 nitrogen and oxygen atoms in total. The van der Waals surface area contributed by atoms with Crippen LogP contribution in [0, 0.1) is 0 Å². The molecule has 1 heterocycles. The van der Waals surface area contributed by atoms with Crippen LogP contribution in [-0.2, 0) is 6.42 Å². The summed E-state index contributed by atoms with van der Waals surface area (Å²) in [5.74, 6) is 0.248. The van der Waals surface area contributed by atoms with Crippen LogP contribution < -0.4 is 0 Å². The van der Waals surface area contributed by atoms with Crippen LogP contribution in [0.1, 0.15) is 21.7 Å². The van der Waals surface area contributed by atoms with E-state index >= 15 is 0 Å². The largest absolute Gasteiger partial charge is 0.294 e. The van der Waals surface area contributed by atoms with Gasteiger partial charge < -0.3 is 0 Å². The minimum atomic E-state index is 0.248. The Balaban J connectivity index is 2.59. The molecule has 0 amide bonds. The Hall–Kier alpha value is -0.340. The Morgan fingerprint density at radius 2 is 2.30 bits per heavy atom. The molecule has 0 saturated heterocycles. The van der Waals surface area contributed by atoms with E-state index in [0.29, 0.717) is 6.42 Å². The second kappa shape index (κ2) is 2.07. The van der Waals surface area contributed by atoms with Gasteiger partial charge in [0, 0.05) is 16.9 Å². The van der Waals surface area contributed by atoms with E-state index < -0.39 is 0 Å². The Kier molecular flexibility index (Phi) is 1.32. The quantitative estimate of drug-likeness (QED) is 0.588. The van der Waals surface area contributed by atoms with Gasteiger partial charge in [0.15, 0.2) is 5.78 Å². The van der Waals surface area contributed by atoms with Gasteiger partial charge in [-0.3, -0.25) is 4.79 Å². The van der Waals surface area contributed by atoms with E-state index in [1.54, 1.807) is 6.07 Å². The lowest BCUT2D eigenvalue weighted by Crippen LogP contribution is -1.86. The Morgan fingerprint density at radius 1 is 1.50 bits per heavy atom. The van der Waals surface area contributed by atoms with Gasteiger partial charge >= 0.3 is 0 Å². The molecular formula is C7H5ClOS. The summed E-state index contributed by atoms with van der Waals surface area (Å²) in [7, 11) is 0. The average molecular weight is 173 g/mol. The molecule has 10 heavy (non-hydrogen) atoms. The summed E-state index contributed by atoms with van der Waals surface area (Å²) in [4.78, 5) is 12.2. The lowest BCUT2D eigenvalue weighted by atomic mass is 10.2. The number of fused-ring (bicyclic) bond motifs is 1. The first kappa shape index (κ1) is 6.38. The van der Waals surface area contributed by atoms with Gasteiger partial charge in [0.05, 0.1) is 4.34 Å². The zero-order chi connectivity index (χ0) is 7.14. The number of hydrogen-bond donors (Lipinski definition) is 0. The molecule has 0 saturated carbocycles. The zero-order valence-electron chi connectivity index (χ0n) is 5.19. The fraction of sp³-hybridized carbons (Fsp3) is 0.286.